The van der Waals surface area contributed by atoms with Crippen molar-refractivity contribution in [2.45, 2.75) is 44.4 Å². The fourth-order valence-electron chi connectivity index (χ4n) is 2.26. The summed E-state index contributed by atoms with van der Waals surface area (Å²) in [7, 11) is -3.70. The molecule has 3 N–H and O–H groups in total. The van der Waals surface area contributed by atoms with E-state index in [2.05, 4.69) is 5.32 Å². The Morgan fingerprint density at radius 2 is 1.72 bits per heavy atom. The van der Waals surface area contributed by atoms with Crippen LogP contribution < -0.4 is 5.32 Å². The van der Waals surface area contributed by atoms with Gasteiger partial charge in [-0.1, -0.05) is 13.8 Å². The van der Waals surface area contributed by atoms with E-state index in [1.807, 2.05) is 0 Å². The molecule has 25 heavy (non-hydrogen) atoms. The Kier molecular flexibility index (Phi) is 7.85. The summed E-state index contributed by atoms with van der Waals surface area (Å²) < 4.78 is 26.3. The van der Waals surface area contributed by atoms with Crippen molar-refractivity contribution in [2.75, 3.05) is 18.4 Å². The Hall–Kier alpha value is -2.13. The first-order valence-corrected chi connectivity index (χ1v) is 9.51. The number of benzene rings is 1. The lowest BCUT2D eigenvalue weighted by Crippen LogP contribution is -2.30. The average molecular weight is 372 g/mol. The summed E-state index contributed by atoms with van der Waals surface area (Å²) in [6, 6.07) is 3.72. The lowest BCUT2D eigenvalue weighted by atomic mass is 10.2. The first kappa shape index (κ1) is 20.9. The third-order valence-electron chi connectivity index (χ3n) is 3.63. The maximum absolute atomic E-state index is 12.5. The second-order valence-corrected chi connectivity index (χ2v) is 7.36. The number of carboxylic acid groups (broad SMARTS) is 1. The maximum Gasteiger partial charge on any atom is 0.303 e. The van der Waals surface area contributed by atoms with Crippen LogP contribution in [0.4, 0.5) is 5.69 Å². The van der Waals surface area contributed by atoms with Gasteiger partial charge in [-0.15, -0.1) is 0 Å². The number of unbranched alkanes of at least 4 members (excludes halogenated alkanes) is 1. The summed E-state index contributed by atoms with van der Waals surface area (Å²) in [6.45, 7) is 4.07. The van der Waals surface area contributed by atoms with E-state index < -0.39 is 21.9 Å². The molecule has 8 nitrogen and oxygen atoms in total. The SMILES string of the molecule is CCN(CC)S(=O)(=O)c1ccc(O)c(NC(=O)CCCCC(=O)O)c1. The first-order chi connectivity index (χ1) is 11.7. The molecule has 1 amide bonds. The lowest BCUT2D eigenvalue weighted by Gasteiger charge is -2.19. The molecule has 0 aliphatic carbocycles. The van der Waals surface area contributed by atoms with Crippen LogP contribution in [0.25, 0.3) is 0 Å². The van der Waals surface area contributed by atoms with Crippen molar-refractivity contribution in [1.29, 1.82) is 0 Å². The quantitative estimate of drug-likeness (QED) is 0.426. The molecule has 0 atom stereocenters. The molecule has 0 fully saturated rings. The van der Waals surface area contributed by atoms with Gasteiger partial charge in [-0.3, -0.25) is 9.59 Å². The van der Waals surface area contributed by atoms with Crippen molar-refractivity contribution in [3.05, 3.63) is 18.2 Å². The number of carbonyl (C=O) groups excluding carboxylic acids is 1. The molecule has 0 saturated carbocycles. The monoisotopic (exact) mass is 372 g/mol. The van der Waals surface area contributed by atoms with Gasteiger partial charge >= 0.3 is 5.97 Å². The molecule has 0 aliphatic heterocycles. The standard InChI is InChI=1S/C16H24N2O6S/c1-3-18(4-2)25(23,24)12-9-10-14(19)13(11-12)17-15(20)7-5-6-8-16(21)22/h9-11,19H,3-8H2,1-2H3,(H,17,20)(H,21,22). The number of aromatic hydroxyl groups is 1. The highest BCUT2D eigenvalue weighted by Gasteiger charge is 2.23. The average Bonchev–Trinajstić information content (AvgIpc) is 2.54. The molecule has 1 aromatic carbocycles. The van der Waals surface area contributed by atoms with E-state index in [-0.39, 0.29) is 29.2 Å². The highest BCUT2D eigenvalue weighted by atomic mass is 32.2. The maximum atomic E-state index is 12.5. The van der Waals surface area contributed by atoms with Crippen molar-refractivity contribution >= 4 is 27.6 Å². The summed E-state index contributed by atoms with van der Waals surface area (Å²) in [5.41, 5.74) is 0.0106. The third-order valence-corrected chi connectivity index (χ3v) is 5.68. The van der Waals surface area contributed by atoms with Gasteiger partial charge in [0.15, 0.2) is 0 Å². The number of hydrogen-bond donors (Lipinski definition) is 3. The Labute approximate surface area is 147 Å². The number of sulfonamides is 1. The number of nitrogens with zero attached hydrogens (tertiary/aromatic N) is 1. The smallest absolute Gasteiger partial charge is 0.303 e. The van der Waals surface area contributed by atoms with Crippen LogP contribution >= 0.6 is 0 Å². The number of amides is 1. The molecule has 0 radical (unpaired) electrons. The van der Waals surface area contributed by atoms with Crippen molar-refractivity contribution in [3.8, 4) is 5.75 Å². The molecule has 1 aromatic rings. The van der Waals surface area contributed by atoms with Crippen molar-refractivity contribution in [2.24, 2.45) is 0 Å². The van der Waals surface area contributed by atoms with Gasteiger partial charge in [0.2, 0.25) is 15.9 Å². The summed E-state index contributed by atoms with van der Waals surface area (Å²) in [4.78, 5) is 22.3. The van der Waals surface area contributed by atoms with Gasteiger partial charge in [0, 0.05) is 25.9 Å². The molecular formula is C16H24N2O6S. The minimum Gasteiger partial charge on any atom is -0.506 e. The van der Waals surface area contributed by atoms with Crippen molar-refractivity contribution in [3.63, 3.8) is 0 Å². The minimum atomic E-state index is -3.70. The highest BCUT2D eigenvalue weighted by molar-refractivity contribution is 7.89. The Morgan fingerprint density at radius 3 is 2.28 bits per heavy atom. The fourth-order valence-corrected chi connectivity index (χ4v) is 3.75. The Balaban J connectivity index is 2.85. The second kappa shape index (κ2) is 9.38. The molecule has 1 rings (SSSR count). The molecule has 0 heterocycles. The normalized spacial score (nSPS) is 11.5. The highest BCUT2D eigenvalue weighted by Crippen LogP contribution is 2.28. The van der Waals surface area contributed by atoms with E-state index in [0.29, 0.717) is 25.9 Å². The number of phenolic OH excluding ortho intramolecular Hbond substituents is 1. The number of carboxylic acids is 1. The molecular weight excluding hydrogens is 348 g/mol. The molecule has 0 bridgehead atoms. The number of rotatable bonds is 10. The Bertz CT molecular complexity index is 713. The summed E-state index contributed by atoms with van der Waals surface area (Å²) in [5, 5.41) is 20.9. The number of hydrogen-bond acceptors (Lipinski definition) is 5. The van der Waals surface area contributed by atoms with Crippen molar-refractivity contribution in [1.82, 2.24) is 4.31 Å². The lowest BCUT2D eigenvalue weighted by molar-refractivity contribution is -0.137. The summed E-state index contributed by atoms with van der Waals surface area (Å²) in [6.07, 6.45) is 0.817. The minimum absolute atomic E-state index is 0.0106. The zero-order valence-electron chi connectivity index (χ0n) is 14.4. The molecule has 0 unspecified atom stereocenters. The van der Waals surface area contributed by atoms with Crippen LogP contribution in [0, 0.1) is 0 Å². The molecule has 9 heteroatoms. The van der Waals surface area contributed by atoms with Crippen LogP contribution in [0.3, 0.4) is 0 Å². The van der Waals surface area contributed by atoms with Gasteiger partial charge in [0.05, 0.1) is 10.6 Å². The van der Waals surface area contributed by atoms with Crippen LogP contribution in [0.1, 0.15) is 39.5 Å². The second-order valence-electron chi connectivity index (χ2n) is 5.42. The summed E-state index contributed by atoms with van der Waals surface area (Å²) in [5.74, 6) is -1.58. The van der Waals surface area contributed by atoms with Crippen LogP contribution in [0.5, 0.6) is 5.75 Å². The van der Waals surface area contributed by atoms with E-state index in [1.165, 1.54) is 22.5 Å². The number of aliphatic carboxylic acids is 1. The van der Waals surface area contributed by atoms with E-state index in [4.69, 9.17) is 5.11 Å². The number of anilines is 1. The van der Waals surface area contributed by atoms with E-state index >= 15 is 0 Å². The number of carbonyl (C=O) groups is 2. The molecule has 0 saturated heterocycles. The molecule has 140 valence electrons. The zero-order chi connectivity index (χ0) is 19.0. The predicted molar refractivity (Wildman–Crippen MR) is 92.9 cm³/mol. The van der Waals surface area contributed by atoms with Crippen LogP contribution in [-0.2, 0) is 19.6 Å². The molecule has 0 aromatic heterocycles. The first-order valence-electron chi connectivity index (χ1n) is 8.07. The predicted octanol–water partition coefficient (Wildman–Crippen LogP) is 2.01. The summed E-state index contributed by atoms with van der Waals surface area (Å²) >= 11 is 0. The topological polar surface area (TPSA) is 124 Å². The van der Waals surface area contributed by atoms with Crippen LogP contribution in [0.2, 0.25) is 0 Å². The van der Waals surface area contributed by atoms with Gasteiger partial charge in [0.1, 0.15) is 5.75 Å². The van der Waals surface area contributed by atoms with E-state index in [0.717, 1.165) is 0 Å². The third kappa shape index (κ3) is 6.02. The fraction of sp³-hybridized carbons (Fsp3) is 0.500. The van der Waals surface area contributed by atoms with Gasteiger partial charge in [-0.05, 0) is 31.0 Å². The number of nitrogens with one attached hydrogen (secondary N) is 1. The molecule has 0 spiro atoms. The van der Waals surface area contributed by atoms with E-state index in [1.54, 1.807) is 13.8 Å². The van der Waals surface area contributed by atoms with Gasteiger partial charge in [-0.25, -0.2) is 8.42 Å². The van der Waals surface area contributed by atoms with E-state index in [9.17, 15) is 23.1 Å². The van der Waals surface area contributed by atoms with Crippen molar-refractivity contribution < 1.29 is 28.2 Å². The van der Waals surface area contributed by atoms with Gasteiger partial charge in [-0.2, -0.15) is 4.31 Å². The van der Waals surface area contributed by atoms with Crippen LogP contribution in [0.15, 0.2) is 23.1 Å². The largest absolute Gasteiger partial charge is 0.506 e. The van der Waals surface area contributed by atoms with Gasteiger partial charge < -0.3 is 15.5 Å². The number of phenols is 1. The zero-order valence-corrected chi connectivity index (χ0v) is 15.2. The van der Waals surface area contributed by atoms with Crippen LogP contribution in [-0.4, -0.2) is 47.9 Å². The Morgan fingerprint density at radius 1 is 1.12 bits per heavy atom. The molecule has 0 aliphatic rings. The van der Waals surface area contributed by atoms with Gasteiger partial charge in [0.25, 0.3) is 0 Å².